The topological polar surface area (TPSA) is 47.6 Å². The fourth-order valence-electron chi connectivity index (χ4n) is 3.01. The van der Waals surface area contributed by atoms with Crippen molar-refractivity contribution in [2.24, 2.45) is 0 Å². The molecule has 2 aromatic carbocycles. The zero-order valence-electron chi connectivity index (χ0n) is 14.4. The molecule has 0 saturated carbocycles. The van der Waals surface area contributed by atoms with Gasteiger partial charge in [0.2, 0.25) is 0 Å². The maximum Gasteiger partial charge on any atom is 0.251 e. The van der Waals surface area contributed by atoms with E-state index in [4.69, 9.17) is 9.47 Å². The number of amides is 1. The van der Waals surface area contributed by atoms with Crippen LogP contribution < -0.4 is 14.8 Å². The second-order valence-electron chi connectivity index (χ2n) is 6.18. The Hall–Kier alpha value is -1.79. The second-order valence-corrected chi connectivity index (χ2v) is 8.90. The minimum Gasteiger partial charge on any atom is -0.486 e. The van der Waals surface area contributed by atoms with E-state index in [9.17, 15) is 4.79 Å². The Morgan fingerprint density at radius 2 is 1.73 bits per heavy atom. The van der Waals surface area contributed by atoms with Gasteiger partial charge in [0.25, 0.3) is 5.91 Å². The van der Waals surface area contributed by atoms with Gasteiger partial charge in [-0.05, 0) is 41.8 Å². The van der Waals surface area contributed by atoms with Crippen molar-refractivity contribution >= 4 is 29.4 Å². The van der Waals surface area contributed by atoms with Gasteiger partial charge in [-0.15, -0.1) is 23.5 Å². The van der Waals surface area contributed by atoms with Crippen molar-refractivity contribution in [1.29, 1.82) is 0 Å². The van der Waals surface area contributed by atoms with E-state index < -0.39 is 0 Å². The first-order valence-electron chi connectivity index (χ1n) is 8.79. The molecule has 26 heavy (non-hydrogen) atoms. The molecule has 1 saturated heterocycles. The van der Waals surface area contributed by atoms with Crippen LogP contribution in [0.5, 0.6) is 11.5 Å². The Balaban J connectivity index is 1.29. The first-order valence-corrected chi connectivity index (χ1v) is 10.9. The van der Waals surface area contributed by atoms with Gasteiger partial charge in [-0.2, -0.15) is 0 Å². The van der Waals surface area contributed by atoms with E-state index in [-0.39, 0.29) is 5.91 Å². The van der Waals surface area contributed by atoms with Crippen LogP contribution in [0, 0.1) is 0 Å². The summed E-state index contributed by atoms with van der Waals surface area (Å²) in [6.07, 6.45) is 0.760. The van der Waals surface area contributed by atoms with Crippen molar-refractivity contribution in [3.8, 4) is 11.5 Å². The molecule has 1 fully saturated rings. The maximum absolute atomic E-state index is 12.3. The molecule has 0 spiro atoms. The van der Waals surface area contributed by atoms with E-state index in [1.165, 1.54) is 17.1 Å². The van der Waals surface area contributed by atoms with Crippen molar-refractivity contribution < 1.29 is 14.3 Å². The highest BCUT2D eigenvalue weighted by molar-refractivity contribution is 8.19. The lowest BCUT2D eigenvalue weighted by molar-refractivity contribution is 0.0954. The molecule has 4 nitrogen and oxygen atoms in total. The smallest absolute Gasteiger partial charge is 0.251 e. The Morgan fingerprint density at radius 3 is 2.50 bits per heavy atom. The van der Waals surface area contributed by atoms with Gasteiger partial charge in [-0.3, -0.25) is 4.79 Å². The van der Waals surface area contributed by atoms with Crippen LogP contribution in [0.1, 0.15) is 26.1 Å². The van der Waals surface area contributed by atoms with Gasteiger partial charge in [0, 0.05) is 23.6 Å². The van der Waals surface area contributed by atoms with Crippen LogP contribution in [0.2, 0.25) is 0 Å². The fourth-order valence-corrected chi connectivity index (χ4v) is 5.87. The van der Waals surface area contributed by atoms with Gasteiger partial charge in [0.1, 0.15) is 13.2 Å². The molecule has 1 N–H and O–H groups in total. The zero-order chi connectivity index (χ0) is 17.8. The SMILES string of the molecule is O=C(NCCc1ccc2c(c1)OCCO2)c1ccc(C2SCCS2)cc1. The lowest BCUT2D eigenvalue weighted by Crippen LogP contribution is -2.25. The summed E-state index contributed by atoms with van der Waals surface area (Å²) in [6, 6.07) is 13.9. The monoisotopic (exact) mass is 387 g/mol. The molecule has 0 atom stereocenters. The number of benzene rings is 2. The van der Waals surface area contributed by atoms with E-state index >= 15 is 0 Å². The van der Waals surface area contributed by atoms with E-state index in [2.05, 4.69) is 17.4 Å². The predicted octanol–water partition coefficient (Wildman–Crippen LogP) is 3.91. The van der Waals surface area contributed by atoms with Crippen molar-refractivity contribution in [3.05, 3.63) is 59.2 Å². The number of thioether (sulfide) groups is 2. The minimum absolute atomic E-state index is 0.0270. The van der Waals surface area contributed by atoms with Crippen LogP contribution in [0.25, 0.3) is 0 Å². The van der Waals surface area contributed by atoms with E-state index in [1.54, 1.807) is 0 Å². The van der Waals surface area contributed by atoms with Crippen molar-refractivity contribution in [1.82, 2.24) is 5.32 Å². The van der Waals surface area contributed by atoms with Crippen LogP contribution in [0.15, 0.2) is 42.5 Å². The van der Waals surface area contributed by atoms with E-state index in [0.29, 0.717) is 29.9 Å². The molecule has 0 aromatic heterocycles. The molecule has 0 aliphatic carbocycles. The summed E-state index contributed by atoms with van der Waals surface area (Å²) in [5.41, 5.74) is 3.13. The van der Waals surface area contributed by atoms with Gasteiger partial charge in [0.15, 0.2) is 11.5 Å². The van der Waals surface area contributed by atoms with Crippen molar-refractivity contribution in [2.75, 3.05) is 31.3 Å². The summed E-state index contributed by atoms with van der Waals surface area (Å²) in [6.45, 7) is 1.77. The summed E-state index contributed by atoms with van der Waals surface area (Å²) >= 11 is 3.95. The van der Waals surface area contributed by atoms with Gasteiger partial charge < -0.3 is 14.8 Å². The number of hydrogen-bond acceptors (Lipinski definition) is 5. The number of ether oxygens (including phenoxy) is 2. The molecule has 0 unspecified atom stereocenters. The van der Waals surface area contributed by atoms with Crippen LogP contribution in [-0.2, 0) is 6.42 Å². The third-order valence-corrected chi connectivity index (χ3v) is 7.48. The Bertz CT molecular complexity index is 773. The van der Waals surface area contributed by atoms with E-state index in [0.717, 1.165) is 23.5 Å². The lowest BCUT2D eigenvalue weighted by atomic mass is 10.1. The minimum atomic E-state index is -0.0270. The Morgan fingerprint density at radius 1 is 1.00 bits per heavy atom. The molecule has 6 heteroatoms. The molecular formula is C20H21NO3S2. The number of nitrogens with one attached hydrogen (secondary N) is 1. The average Bonchev–Trinajstić information content (AvgIpc) is 3.23. The van der Waals surface area contributed by atoms with Crippen molar-refractivity contribution in [2.45, 2.75) is 11.0 Å². The summed E-state index contributed by atoms with van der Waals surface area (Å²) < 4.78 is 11.6. The maximum atomic E-state index is 12.3. The van der Waals surface area contributed by atoms with Gasteiger partial charge in [0.05, 0.1) is 4.58 Å². The number of hydrogen-bond donors (Lipinski definition) is 1. The highest BCUT2D eigenvalue weighted by Crippen LogP contribution is 2.45. The van der Waals surface area contributed by atoms with Crippen LogP contribution in [0.4, 0.5) is 0 Å². The van der Waals surface area contributed by atoms with Crippen LogP contribution in [0.3, 0.4) is 0 Å². The largest absolute Gasteiger partial charge is 0.486 e. The van der Waals surface area contributed by atoms with Crippen molar-refractivity contribution in [3.63, 3.8) is 0 Å². The van der Waals surface area contributed by atoms with Gasteiger partial charge in [-0.25, -0.2) is 0 Å². The Labute approximate surface area is 162 Å². The molecule has 2 aromatic rings. The molecule has 2 aliphatic rings. The first-order chi connectivity index (χ1) is 12.8. The number of carbonyl (C=O) groups is 1. The van der Waals surface area contributed by atoms with E-state index in [1.807, 2.05) is 53.9 Å². The average molecular weight is 388 g/mol. The second kappa shape index (κ2) is 8.27. The van der Waals surface area contributed by atoms with Crippen LogP contribution in [-0.4, -0.2) is 37.2 Å². The summed E-state index contributed by atoms with van der Waals surface area (Å²) in [5, 5.41) is 3.00. The molecule has 4 rings (SSSR count). The zero-order valence-corrected chi connectivity index (χ0v) is 16.0. The molecule has 1 amide bonds. The number of fused-ring (bicyclic) bond motifs is 1. The quantitative estimate of drug-likeness (QED) is 0.843. The Kier molecular flexibility index (Phi) is 5.60. The fraction of sp³-hybridized carbons (Fsp3) is 0.350. The molecule has 0 bridgehead atoms. The van der Waals surface area contributed by atoms with Gasteiger partial charge in [-0.1, -0.05) is 18.2 Å². The van der Waals surface area contributed by atoms with Crippen LogP contribution >= 0.6 is 23.5 Å². The standard InChI is InChI=1S/C20H21NO3S2/c22-19(15-2-4-16(5-3-15)20-25-11-12-26-20)21-8-7-14-1-6-17-18(13-14)24-10-9-23-17/h1-6,13,20H,7-12H2,(H,21,22). The lowest BCUT2D eigenvalue weighted by Gasteiger charge is -2.18. The van der Waals surface area contributed by atoms with Gasteiger partial charge >= 0.3 is 0 Å². The number of rotatable bonds is 5. The first kappa shape index (κ1) is 17.6. The summed E-state index contributed by atoms with van der Waals surface area (Å²) in [5.74, 6) is 3.97. The number of carbonyl (C=O) groups excluding carboxylic acids is 1. The molecule has 136 valence electrons. The summed E-state index contributed by atoms with van der Waals surface area (Å²) in [4.78, 5) is 12.3. The molecular weight excluding hydrogens is 366 g/mol. The third-order valence-electron chi connectivity index (χ3n) is 4.37. The molecule has 2 aliphatic heterocycles. The summed E-state index contributed by atoms with van der Waals surface area (Å²) in [7, 11) is 0. The normalized spacial score (nSPS) is 16.5. The highest BCUT2D eigenvalue weighted by Gasteiger charge is 2.18. The highest BCUT2D eigenvalue weighted by atomic mass is 32.2. The third kappa shape index (κ3) is 4.13. The molecule has 2 heterocycles. The molecule has 0 radical (unpaired) electrons. The predicted molar refractivity (Wildman–Crippen MR) is 108 cm³/mol.